The van der Waals surface area contributed by atoms with Gasteiger partial charge in [-0.05, 0) is 72.3 Å². The van der Waals surface area contributed by atoms with Crippen LogP contribution in [-0.4, -0.2) is 56.2 Å². The first kappa shape index (κ1) is 42.3. The fourth-order valence-corrected chi connectivity index (χ4v) is 8.04. The van der Waals surface area contributed by atoms with E-state index in [4.69, 9.17) is 9.98 Å². The molecule has 0 saturated heterocycles. The van der Waals surface area contributed by atoms with Crippen LogP contribution >= 0.6 is 0 Å². The van der Waals surface area contributed by atoms with Crippen molar-refractivity contribution in [1.29, 1.82) is 0 Å². The first-order chi connectivity index (χ1) is 25.7. The van der Waals surface area contributed by atoms with Crippen LogP contribution < -0.4 is 0 Å². The molecule has 4 aromatic rings. The third-order valence-electron chi connectivity index (χ3n) is 11.2. The highest BCUT2D eigenvalue weighted by atomic mass is 16.3. The van der Waals surface area contributed by atoms with E-state index in [-0.39, 0.29) is 57.5 Å². The maximum Gasteiger partial charge on any atom is 0.167 e. The van der Waals surface area contributed by atoms with E-state index < -0.39 is 0 Å². The van der Waals surface area contributed by atoms with Gasteiger partial charge in [0, 0.05) is 69.7 Å². The molecule has 2 unspecified atom stereocenters. The van der Waals surface area contributed by atoms with E-state index in [9.17, 15) is 30.6 Å². The van der Waals surface area contributed by atoms with Crippen molar-refractivity contribution in [3.63, 3.8) is 0 Å². The number of phenolic OH excluding ortho intramolecular Hbond substituents is 6. The van der Waals surface area contributed by atoms with Gasteiger partial charge in [-0.15, -0.1) is 0 Å². The van der Waals surface area contributed by atoms with Crippen molar-refractivity contribution >= 4 is 34.0 Å². The summed E-state index contributed by atoms with van der Waals surface area (Å²) in [6, 6.07) is 3.76. The molecule has 0 aliphatic carbocycles. The average Bonchev–Trinajstić information content (AvgIpc) is 3.12. The molecule has 0 fully saturated rings. The van der Waals surface area contributed by atoms with Crippen molar-refractivity contribution in [2.45, 2.75) is 132 Å². The van der Waals surface area contributed by atoms with Gasteiger partial charge in [0.2, 0.25) is 0 Å². The Morgan fingerprint density at radius 2 is 0.889 bits per heavy atom. The van der Waals surface area contributed by atoms with Gasteiger partial charge in [-0.2, -0.15) is 0 Å². The molecule has 54 heavy (non-hydrogen) atoms. The lowest BCUT2D eigenvalue weighted by Crippen LogP contribution is -2.04. The number of aryl methyl sites for hydroxylation is 2. The second-order valence-electron chi connectivity index (χ2n) is 15.9. The lowest BCUT2D eigenvalue weighted by molar-refractivity contribution is 0.398. The maximum atomic E-state index is 12.4. The van der Waals surface area contributed by atoms with E-state index in [1.165, 1.54) is 0 Å². The third-order valence-corrected chi connectivity index (χ3v) is 11.2. The fraction of sp³-hybridized carbons (Fsp3) is 0.522. The second-order valence-corrected chi connectivity index (χ2v) is 15.9. The molecule has 0 aliphatic heterocycles. The Labute approximate surface area is 322 Å². The van der Waals surface area contributed by atoms with Crippen LogP contribution in [0.5, 0.6) is 34.5 Å². The molecular formula is C46H64N2O6. The van der Waals surface area contributed by atoms with Gasteiger partial charge in [0.1, 0.15) is 11.5 Å². The zero-order valence-corrected chi connectivity index (χ0v) is 34.3. The minimum atomic E-state index is -0.356. The first-order valence-corrected chi connectivity index (χ1v) is 20.1. The summed E-state index contributed by atoms with van der Waals surface area (Å²) in [4.78, 5) is 9.46. The molecule has 0 aromatic heterocycles. The number of fused-ring (bicyclic) bond motifs is 2. The summed E-state index contributed by atoms with van der Waals surface area (Å²) in [7, 11) is 0. The van der Waals surface area contributed by atoms with Crippen molar-refractivity contribution in [3.8, 4) is 45.6 Å². The van der Waals surface area contributed by atoms with Crippen molar-refractivity contribution in [2.75, 3.05) is 13.1 Å². The Hall–Kier alpha value is -4.46. The summed E-state index contributed by atoms with van der Waals surface area (Å²) < 4.78 is 0. The number of hydrogen-bond donors (Lipinski definition) is 6. The van der Waals surface area contributed by atoms with E-state index in [1.54, 1.807) is 12.4 Å². The van der Waals surface area contributed by atoms with Crippen molar-refractivity contribution in [3.05, 3.63) is 45.5 Å². The van der Waals surface area contributed by atoms with Crippen LogP contribution in [0.2, 0.25) is 0 Å². The van der Waals surface area contributed by atoms with Crippen molar-refractivity contribution < 1.29 is 30.6 Å². The van der Waals surface area contributed by atoms with E-state index in [0.717, 1.165) is 51.4 Å². The first-order valence-electron chi connectivity index (χ1n) is 20.1. The van der Waals surface area contributed by atoms with Crippen LogP contribution in [0.3, 0.4) is 0 Å². The molecule has 2 atom stereocenters. The van der Waals surface area contributed by atoms with Gasteiger partial charge in [0.25, 0.3) is 0 Å². The van der Waals surface area contributed by atoms with Gasteiger partial charge in [-0.3, -0.25) is 9.98 Å². The molecule has 8 nitrogen and oxygen atoms in total. The molecule has 294 valence electrons. The normalized spacial score (nSPS) is 13.5. The number of rotatable bonds is 17. The summed E-state index contributed by atoms with van der Waals surface area (Å²) >= 11 is 0. The predicted octanol–water partition coefficient (Wildman–Crippen LogP) is 12.0. The molecule has 0 saturated carbocycles. The van der Waals surface area contributed by atoms with Crippen molar-refractivity contribution in [2.24, 2.45) is 21.8 Å². The van der Waals surface area contributed by atoms with E-state index in [1.807, 2.05) is 53.7 Å². The molecule has 0 spiro atoms. The number of phenols is 6. The highest BCUT2D eigenvalue weighted by Crippen LogP contribution is 2.54. The van der Waals surface area contributed by atoms with Crippen molar-refractivity contribution in [1.82, 2.24) is 0 Å². The van der Waals surface area contributed by atoms with Crippen LogP contribution in [0.4, 0.5) is 0 Å². The number of hydrogen-bond acceptors (Lipinski definition) is 8. The number of aliphatic imine (C=N–C) groups is 2. The number of nitrogens with zero attached hydrogens (tertiary/aromatic N) is 2. The molecule has 0 radical (unpaired) electrons. The molecule has 6 N–H and O–H groups in total. The molecule has 0 heterocycles. The molecule has 0 bridgehead atoms. The van der Waals surface area contributed by atoms with E-state index >= 15 is 0 Å². The highest BCUT2D eigenvalue weighted by Gasteiger charge is 2.29. The zero-order chi connectivity index (χ0) is 40.0. The highest BCUT2D eigenvalue weighted by molar-refractivity contribution is 6.15. The Bertz CT molecular complexity index is 1880. The van der Waals surface area contributed by atoms with Gasteiger partial charge < -0.3 is 30.6 Å². The summed E-state index contributed by atoms with van der Waals surface area (Å²) in [5.41, 5.74) is 3.42. The topological polar surface area (TPSA) is 146 Å². The maximum absolute atomic E-state index is 12.4. The number of benzene rings is 4. The summed E-state index contributed by atoms with van der Waals surface area (Å²) in [6.45, 7) is 21.1. The van der Waals surface area contributed by atoms with Crippen LogP contribution in [0.25, 0.3) is 32.7 Å². The summed E-state index contributed by atoms with van der Waals surface area (Å²) in [5.74, 6) is -1.16. The Balaban J connectivity index is 2.08. The smallest absolute Gasteiger partial charge is 0.167 e. The SMILES string of the molecule is CCCCC(CC)CN=Cc1c(O)c(O)c(C(C)C)c2cc(C)c(-c3c(C)cc4c(C(C)C)c(O)c(O)c(C=NCC(CC)CCCC)c4c3O)c(O)c12. The molecule has 4 aromatic carbocycles. The second kappa shape index (κ2) is 18.2. The summed E-state index contributed by atoms with van der Waals surface area (Å²) in [5, 5.41) is 72.3. The van der Waals surface area contributed by atoms with Gasteiger partial charge in [-0.25, -0.2) is 0 Å². The van der Waals surface area contributed by atoms with Crippen LogP contribution in [0, 0.1) is 25.7 Å². The lowest BCUT2D eigenvalue weighted by atomic mass is 9.83. The number of aromatic hydroxyl groups is 6. The van der Waals surface area contributed by atoms with Gasteiger partial charge in [0.15, 0.2) is 23.0 Å². The summed E-state index contributed by atoms with van der Waals surface area (Å²) in [6.07, 6.45) is 11.5. The van der Waals surface area contributed by atoms with Crippen LogP contribution in [-0.2, 0) is 0 Å². The standard InChI is InChI=1S/C46H64N2O6/c1-11-15-17-29(13-3)21-47-23-33-39-31(35(25(5)6)45(53)41(33)49)19-27(9)37(43(39)51)38-28(10)20-32-36(26(7)8)46(54)42(50)34(40(32)44(38)52)24-48-22-30(14-4)18-16-12-2/h19-20,23-26,29-30,49-54H,11-18,21-22H2,1-10H3. The van der Waals surface area contributed by atoms with Gasteiger partial charge in [-0.1, -0.05) is 106 Å². The Morgan fingerprint density at radius 1 is 0.537 bits per heavy atom. The van der Waals surface area contributed by atoms with Crippen LogP contribution in [0.15, 0.2) is 22.1 Å². The minimum absolute atomic E-state index is 0.163. The largest absolute Gasteiger partial charge is 0.507 e. The van der Waals surface area contributed by atoms with Gasteiger partial charge >= 0.3 is 0 Å². The van der Waals surface area contributed by atoms with Crippen LogP contribution in [0.1, 0.15) is 152 Å². The zero-order valence-electron chi connectivity index (χ0n) is 34.3. The number of unbranched alkanes of at least 4 members (excludes halogenated alkanes) is 2. The van der Waals surface area contributed by atoms with E-state index in [0.29, 0.717) is 79.9 Å². The lowest BCUT2D eigenvalue weighted by Gasteiger charge is -2.23. The molecule has 0 amide bonds. The monoisotopic (exact) mass is 740 g/mol. The van der Waals surface area contributed by atoms with E-state index in [2.05, 4.69) is 27.7 Å². The quantitative estimate of drug-likeness (QED) is 0.0469. The Kier molecular flexibility index (Phi) is 14.3. The third kappa shape index (κ3) is 8.28. The molecule has 4 rings (SSSR count). The fourth-order valence-electron chi connectivity index (χ4n) is 8.04. The average molecular weight is 741 g/mol. The minimum Gasteiger partial charge on any atom is -0.507 e. The predicted molar refractivity (Wildman–Crippen MR) is 226 cm³/mol. The molecule has 8 heteroatoms. The molecule has 0 aliphatic rings. The Morgan fingerprint density at radius 3 is 1.19 bits per heavy atom. The van der Waals surface area contributed by atoms with Gasteiger partial charge in [0.05, 0.1) is 0 Å². The molecular weight excluding hydrogens is 677 g/mol.